The van der Waals surface area contributed by atoms with Gasteiger partial charge < -0.3 is 5.73 Å². The molecule has 0 saturated heterocycles. The summed E-state index contributed by atoms with van der Waals surface area (Å²) in [6.07, 6.45) is -2.61. The number of alkyl halides is 3. The molecule has 0 aliphatic heterocycles. The van der Waals surface area contributed by atoms with E-state index in [9.17, 15) is 13.2 Å². The zero-order chi connectivity index (χ0) is 12.2. The molecule has 16 heavy (non-hydrogen) atoms. The fraction of sp³-hybridized carbons (Fsp3) is 0.500. The standard InChI is InChI=1S/C10H13F3N2S/c1-2-8(5-14)16-9-4-3-7(6-15-9)10(11,12)13/h3-4,6,8H,2,5,14H2,1H3. The van der Waals surface area contributed by atoms with Crippen LogP contribution in [-0.2, 0) is 6.18 Å². The molecule has 1 heterocycles. The Kier molecular flexibility index (Phi) is 4.61. The summed E-state index contributed by atoms with van der Waals surface area (Å²) >= 11 is 1.40. The molecule has 1 aromatic heterocycles. The van der Waals surface area contributed by atoms with E-state index in [2.05, 4.69) is 4.98 Å². The Bertz CT molecular complexity index is 320. The van der Waals surface area contributed by atoms with Gasteiger partial charge in [-0.3, -0.25) is 0 Å². The third-order valence-electron chi connectivity index (χ3n) is 2.07. The van der Waals surface area contributed by atoms with E-state index in [0.29, 0.717) is 11.6 Å². The van der Waals surface area contributed by atoms with Crippen LogP contribution in [0.3, 0.4) is 0 Å². The van der Waals surface area contributed by atoms with Gasteiger partial charge in [-0.05, 0) is 18.6 Å². The van der Waals surface area contributed by atoms with Gasteiger partial charge in [-0.1, -0.05) is 6.92 Å². The highest BCUT2D eigenvalue weighted by molar-refractivity contribution is 7.99. The topological polar surface area (TPSA) is 38.9 Å². The summed E-state index contributed by atoms with van der Waals surface area (Å²) in [6.45, 7) is 2.47. The van der Waals surface area contributed by atoms with Gasteiger partial charge >= 0.3 is 6.18 Å². The van der Waals surface area contributed by atoms with E-state index in [1.165, 1.54) is 17.8 Å². The Labute approximate surface area is 96.4 Å². The number of pyridine rings is 1. The summed E-state index contributed by atoms with van der Waals surface area (Å²) in [7, 11) is 0. The molecule has 0 aromatic carbocycles. The van der Waals surface area contributed by atoms with Gasteiger partial charge in [0.15, 0.2) is 0 Å². The van der Waals surface area contributed by atoms with Crippen LogP contribution in [0, 0.1) is 0 Å². The number of nitrogens with two attached hydrogens (primary N) is 1. The monoisotopic (exact) mass is 250 g/mol. The van der Waals surface area contributed by atoms with Crippen LogP contribution >= 0.6 is 11.8 Å². The average molecular weight is 250 g/mol. The zero-order valence-electron chi connectivity index (χ0n) is 8.79. The molecule has 0 fully saturated rings. The van der Waals surface area contributed by atoms with E-state index in [1.807, 2.05) is 6.92 Å². The summed E-state index contributed by atoms with van der Waals surface area (Å²) in [4.78, 5) is 3.77. The van der Waals surface area contributed by atoms with Gasteiger partial charge in [-0.2, -0.15) is 13.2 Å². The van der Waals surface area contributed by atoms with Gasteiger partial charge in [0.05, 0.1) is 10.6 Å². The summed E-state index contributed by atoms with van der Waals surface area (Å²) < 4.78 is 36.7. The van der Waals surface area contributed by atoms with Crippen LogP contribution in [0.15, 0.2) is 23.4 Å². The summed E-state index contributed by atoms with van der Waals surface area (Å²) in [5.41, 5.74) is 4.78. The van der Waals surface area contributed by atoms with Crippen LogP contribution in [0.2, 0.25) is 0 Å². The van der Waals surface area contributed by atoms with Gasteiger partial charge in [-0.25, -0.2) is 4.98 Å². The van der Waals surface area contributed by atoms with E-state index in [4.69, 9.17) is 5.73 Å². The van der Waals surface area contributed by atoms with Gasteiger partial charge in [-0.15, -0.1) is 11.8 Å². The van der Waals surface area contributed by atoms with Crippen molar-refractivity contribution in [3.63, 3.8) is 0 Å². The van der Waals surface area contributed by atoms with Crippen molar-refractivity contribution in [3.05, 3.63) is 23.9 Å². The minimum atomic E-state index is -4.33. The minimum absolute atomic E-state index is 0.198. The molecule has 0 aliphatic rings. The molecule has 0 amide bonds. The van der Waals surface area contributed by atoms with Crippen molar-refractivity contribution in [2.45, 2.75) is 29.8 Å². The number of aromatic nitrogens is 1. The van der Waals surface area contributed by atoms with Crippen LogP contribution in [0.4, 0.5) is 13.2 Å². The first-order valence-electron chi connectivity index (χ1n) is 4.87. The molecule has 1 unspecified atom stereocenters. The highest BCUT2D eigenvalue weighted by Crippen LogP contribution is 2.30. The third kappa shape index (κ3) is 3.68. The second kappa shape index (κ2) is 5.54. The SMILES string of the molecule is CCC(CN)Sc1ccc(C(F)(F)F)cn1. The van der Waals surface area contributed by atoms with Gasteiger partial charge in [0.1, 0.15) is 0 Å². The molecule has 0 radical (unpaired) electrons. The van der Waals surface area contributed by atoms with Crippen LogP contribution in [-0.4, -0.2) is 16.8 Å². The molecule has 2 nitrogen and oxygen atoms in total. The molecule has 0 bridgehead atoms. The molecular formula is C10H13F3N2S. The molecule has 0 aliphatic carbocycles. The molecule has 6 heteroatoms. The van der Waals surface area contributed by atoms with E-state index in [0.717, 1.165) is 18.7 Å². The second-order valence-corrected chi connectivity index (χ2v) is 4.59. The van der Waals surface area contributed by atoms with Crippen molar-refractivity contribution >= 4 is 11.8 Å². The Morgan fingerprint density at radius 1 is 1.44 bits per heavy atom. The first-order valence-corrected chi connectivity index (χ1v) is 5.75. The Morgan fingerprint density at radius 2 is 2.12 bits per heavy atom. The number of halogens is 3. The average Bonchev–Trinajstić information content (AvgIpc) is 2.25. The number of thioether (sulfide) groups is 1. The maximum Gasteiger partial charge on any atom is 0.417 e. The minimum Gasteiger partial charge on any atom is -0.329 e. The molecule has 1 rings (SSSR count). The lowest BCUT2D eigenvalue weighted by molar-refractivity contribution is -0.137. The molecule has 0 saturated carbocycles. The number of hydrogen-bond donors (Lipinski definition) is 1. The highest BCUT2D eigenvalue weighted by Gasteiger charge is 2.30. The fourth-order valence-corrected chi connectivity index (χ4v) is 1.95. The van der Waals surface area contributed by atoms with Crippen LogP contribution in [0.1, 0.15) is 18.9 Å². The quantitative estimate of drug-likeness (QED) is 0.835. The molecule has 1 aromatic rings. The van der Waals surface area contributed by atoms with Gasteiger partial charge in [0.25, 0.3) is 0 Å². The first-order chi connectivity index (χ1) is 7.47. The van der Waals surface area contributed by atoms with Crippen molar-refractivity contribution in [3.8, 4) is 0 Å². The molecular weight excluding hydrogens is 237 g/mol. The third-order valence-corrected chi connectivity index (χ3v) is 3.41. The number of nitrogens with zero attached hydrogens (tertiary/aromatic N) is 1. The summed E-state index contributed by atoms with van der Waals surface area (Å²) in [6, 6.07) is 2.42. The largest absolute Gasteiger partial charge is 0.417 e. The van der Waals surface area contributed by atoms with Gasteiger partial charge in [0, 0.05) is 18.0 Å². The van der Waals surface area contributed by atoms with Crippen LogP contribution < -0.4 is 5.73 Å². The zero-order valence-corrected chi connectivity index (χ0v) is 9.61. The first kappa shape index (κ1) is 13.3. The molecule has 90 valence electrons. The lowest BCUT2D eigenvalue weighted by atomic mass is 10.3. The Hall–Kier alpha value is -0.750. The summed E-state index contributed by atoms with van der Waals surface area (Å²) in [5.74, 6) is 0. The summed E-state index contributed by atoms with van der Waals surface area (Å²) in [5, 5.41) is 0.773. The maximum atomic E-state index is 12.2. The predicted octanol–water partition coefficient (Wildman–Crippen LogP) is 2.93. The Balaban J connectivity index is 2.72. The van der Waals surface area contributed by atoms with Crippen LogP contribution in [0.5, 0.6) is 0 Å². The van der Waals surface area contributed by atoms with Crippen LogP contribution in [0.25, 0.3) is 0 Å². The molecule has 1 atom stereocenters. The van der Waals surface area contributed by atoms with E-state index in [1.54, 1.807) is 0 Å². The maximum absolute atomic E-state index is 12.2. The van der Waals surface area contributed by atoms with Crippen molar-refractivity contribution < 1.29 is 13.2 Å². The van der Waals surface area contributed by atoms with Crippen molar-refractivity contribution in [1.29, 1.82) is 0 Å². The van der Waals surface area contributed by atoms with E-state index in [-0.39, 0.29) is 5.25 Å². The normalized spacial score (nSPS) is 13.8. The Morgan fingerprint density at radius 3 is 2.50 bits per heavy atom. The highest BCUT2D eigenvalue weighted by atomic mass is 32.2. The molecule has 2 N–H and O–H groups in total. The lowest BCUT2D eigenvalue weighted by Gasteiger charge is -2.11. The van der Waals surface area contributed by atoms with Crippen molar-refractivity contribution in [2.75, 3.05) is 6.54 Å². The lowest BCUT2D eigenvalue weighted by Crippen LogP contribution is -2.15. The molecule has 0 spiro atoms. The predicted molar refractivity (Wildman–Crippen MR) is 58.2 cm³/mol. The smallest absolute Gasteiger partial charge is 0.329 e. The van der Waals surface area contributed by atoms with E-state index < -0.39 is 11.7 Å². The van der Waals surface area contributed by atoms with E-state index >= 15 is 0 Å². The van der Waals surface area contributed by atoms with Crippen molar-refractivity contribution in [1.82, 2.24) is 4.98 Å². The second-order valence-electron chi connectivity index (χ2n) is 3.27. The van der Waals surface area contributed by atoms with Gasteiger partial charge in [0.2, 0.25) is 0 Å². The number of rotatable bonds is 4. The fourth-order valence-electron chi connectivity index (χ4n) is 1.09. The number of hydrogen-bond acceptors (Lipinski definition) is 3. The van der Waals surface area contributed by atoms with Crippen molar-refractivity contribution in [2.24, 2.45) is 5.73 Å².